The first-order valence-electron chi connectivity index (χ1n) is 5.21. The molecule has 1 aromatic carbocycles. The van der Waals surface area contributed by atoms with E-state index in [1.165, 1.54) is 19.2 Å². The molecule has 94 valence electrons. The number of aromatic hydroxyl groups is 2. The van der Waals surface area contributed by atoms with Crippen molar-refractivity contribution < 1.29 is 19.7 Å². The maximum absolute atomic E-state index is 11.4. The molecule has 5 nitrogen and oxygen atoms in total. The number of benzene rings is 1. The standard InChI is InChI=1S/C12H17NO4/c1-12(2,11(16)17-3)13-7-8-4-5-9(14)10(15)6-8/h4-6,13-15H,7H2,1-3H3. The molecule has 1 rings (SSSR count). The molecule has 0 saturated carbocycles. The van der Waals surface area contributed by atoms with Gasteiger partial charge in [-0.1, -0.05) is 6.07 Å². The van der Waals surface area contributed by atoms with Gasteiger partial charge in [-0.15, -0.1) is 0 Å². The topological polar surface area (TPSA) is 78.8 Å². The summed E-state index contributed by atoms with van der Waals surface area (Å²) in [7, 11) is 1.33. The second-order valence-electron chi connectivity index (χ2n) is 4.29. The monoisotopic (exact) mass is 239 g/mol. The lowest BCUT2D eigenvalue weighted by atomic mass is 10.1. The Morgan fingerprint density at radius 2 is 2.00 bits per heavy atom. The van der Waals surface area contributed by atoms with Crippen LogP contribution in [0.4, 0.5) is 0 Å². The summed E-state index contributed by atoms with van der Waals surface area (Å²) in [6.45, 7) is 3.80. The van der Waals surface area contributed by atoms with E-state index in [0.29, 0.717) is 6.54 Å². The highest BCUT2D eigenvalue weighted by molar-refractivity contribution is 5.79. The maximum Gasteiger partial charge on any atom is 0.325 e. The van der Waals surface area contributed by atoms with Crippen molar-refractivity contribution in [3.05, 3.63) is 23.8 Å². The number of esters is 1. The lowest BCUT2D eigenvalue weighted by Crippen LogP contribution is -2.46. The van der Waals surface area contributed by atoms with Gasteiger partial charge in [0, 0.05) is 6.54 Å². The van der Waals surface area contributed by atoms with Gasteiger partial charge in [0.25, 0.3) is 0 Å². The summed E-state index contributed by atoms with van der Waals surface area (Å²) >= 11 is 0. The van der Waals surface area contributed by atoms with E-state index in [2.05, 4.69) is 10.1 Å². The molecule has 1 aromatic rings. The third kappa shape index (κ3) is 3.35. The zero-order chi connectivity index (χ0) is 13.1. The molecule has 0 aliphatic heterocycles. The first-order chi connectivity index (χ1) is 7.86. The summed E-state index contributed by atoms with van der Waals surface area (Å²) in [5, 5.41) is 21.5. The van der Waals surface area contributed by atoms with Gasteiger partial charge in [0.1, 0.15) is 5.54 Å². The van der Waals surface area contributed by atoms with Gasteiger partial charge in [-0.05, 0) is 31.5 Å². The van der Waals surface area contributed by atoms with Crippen LogP contribution in [-0.4, -0.2) is 28.8 Å². The Labute approximate surface area is 100 Å². The van der Waals surface area contributed by atoms with Crippen molar-refractivity contribution >= 4 is 5.97 Å². The van der Waals surface area contributed by atoms with E-state index < -0.39 is 5.54 Å². The van der Waals surface area contributed by atoms with Crippen molar-refractivity contribution in [3.8, 4) is 11.5 Å². The molecule has 0 aliphatic carbocycles. The molecule has 0 fully saturated rings. The summed E-state index contributed by atoms with van der Waals surface area (Å²) in [6.07, 6.45) is 0. The Morgan fingerprint density at radius 3 is 2.53 bits per heavy atom. The Kier molecular flexibility index (Phi) is 3.96. The second-order valence-corrected chi connectivity index (χ2v) is 4.29. The van der Waals surface area contributed by atoms with E-state index >= 15 is 0 Å². The Balaban J connectivity index is 2.67. The number of carbonyl (C=O) groups excluding carboxylic acids is 1. The molecule has 5 heteroatoms. The Hall–Kier alpha value is -1.75. The van der Waals surface area contributed by atoms with E-state index in [-0.39, 0.29) is 17.5 Å². The number of phenols is 2. The predicted molar refractivity (Wildman–Crippen MR) is 62.7 cm³/mol. The number of ether oxygens (including phenoxy) is 1. The Bertz CT molecular complexity index is 415. The summed E-state index contributed by atoms with van der Waals surface area (Å²) < 4.78 is 4.66. The number of hydrogen-bond donors (Lipinski definition) is 3. The second kappa shape index (κ2) is 5.05. The molecule has 0 spiro atoms. The fraction of sp³-hybridized carbons (Fsp3) is 0.417. The molecule has 17 heavy (non-hydrogen) atoms. The molecule has 0 saturated heterocycles. The highest BCUT2D eigenvalue weighted by Gasteiger charge is 2.27. The average Bonchev–Trinajstić information content (AvgIpc) is 2.29. The van der Waals surface area contributed by atoms with Gasteiger partial charge in [0.05, 0.1) is 7.11 Å². The molecule has 0 bridgehead atoms. The number of rotatable bonds is 4. The molecule has 0 atom stereocenters. The van der Waals surface area contributed by atoms with Gasteiger partial charge < -0.3 is 14.9 Å². The smallest absolute Gasteiger partial charge is 0.325 e. The van der Waals surface area contributed by atoms with Crippen LogP contribution in [-0.2, 0) is 16.1 Å². The SMILES string of the molecule is COC(=O)C(C)(C)NCc1ccc(O)c(O)c1. The van der Waals surface area contributed by atoms with Crippen molar-refractivity contribution in [1.82, 2.24) is 5.32 Å². The van der Waals surface area contributed by atoms with Crippen LogP contribution in [0, 0.1) is 0 Å². The van der Waals surface area contributed by atoms with Crippen LogP contribution < -0.4 is 5.32 Å². The molecule has 0 unspecified atom stereocenters. The van der Waals surface area contributed by atoms with Gasteiger partial charge in [0.15, 0.2) is 11.5 Å². The molecule has 0 radical (unpaired) electrons. The van der Waals surface area contributed by atoms with Crippen LogP contribution in [0.5, 0.6) is 11.5 Å². The van der Waals surface area contributed by atoms with Crippen LogP contribution in [0.25, 0.3) is 0 Å². The van der Waals surface area contributed by atoms with Crippen LogP contribution >= 0.6 is 0 Å². The number of nitrogens with one attached hydrogen (secondary N) is 1. The van der Waals surface area contributed by atoms with E-state index in [0.717, 1.165) is 5.56 Å². The van der Waals surface area contributed by atoms with Crippen molar-refractivity contribution in [1.29, 1.82) is 0 Å². The molecule has 0 aromatic heterocycles. The molecule has 0 amide bonds. The summed E-state index contributed by atoms with van der Waals surface area (Å²) in [5.41, 5.74) is -0.0419. The number of methoxy groups -OCH3 is 1. The zero-order valence-electron chi connectivity index (χ0n) is 10.2. The van der Waals surface area contributed by atoms with E-state index in [1.54, 1.807) is 19.9 Å². The summed E-state index contributed by atoms with van der Waals surface area (Å²) in [6, 6.07) is 4.50. The van der Waals surface area contributed by atoms with Gasteiger partial charge in [0.2, 0.25) is 0 Å². The van der Waals surface area contributed by atoms with Crippen LogP contribution in [0.3, 0.4) is 0 Å². The van der Waals surface area contributed by atoms with E-state index in [9.17, 15) is 9.90 Å². The van der Waals surface area contributed by atoms with Crippen LogP contribution in [0.15, 0.2) is 18.2 Å². The normalized spacial score (nSPS) is 11.2. The third-order valence-corrected chi connectivity index (χ3v) is 2.47. The lowest BCUT2D eigenvalue weighted by molar-refractivity contribution is -0.147. The maximum atomic E-state index is 11.4. The minimum atomic E-state index is -0.803. The average molecular weight is 239 g/mol. The van der Waals surface area contributed by atoms with Gasteiger partial charge in [-0.25, -0.2) is 0 Å². The minimum Gasteiger partial charge on any atom is -0.504 e. The van der Waals surface area contributed by atoms with Crippen LogP contribution in [0.2, 0.25) is 0 Å². The molecule has 0 aliphatic rings. The van der Waals surface area contributed by atoms with Crippen molar-refractivity contribution in [2.24, 2.45) is 0 Å². The predicted octanol–water partition coefficient (Wildman–Crippen LogP) is 1.14. The van der Waals surface area contributed by atoms with E-state index in [4.69, 9.17) is 5.11 Å². The summed E-state index contributed by atoms with van der Waals surface area (Å²) in [4.78, 5) is 11.4. The lowest BCUT2D eigenvalue weighted by Gasteiger charge is -2.23. The van der Waals surface area contributed by atoms with Gasteiger partial charge in [-0.3, -0.25) is 10.1 Å². The van der Waals surface area contributed by atoms with Crippen molar-refractivity contribution in [3.63, 3.8) is 0 Å². The summed E-state index contributed by atoms with van der Waals surface area (Å²) in [5.74, 6) is -0.707. The first-order valence-corrected chi connectivity index (χ1v) is 5.21. The molecule has 0 heterocycles. The number of hydrogen-bond acceptors (Lipinski definition) is 5. The first kappa shape index (κ1) is 13.3. The van der Waals surface area contributed by atoms with Crippen molar-refractivity contribution in [2.75, 3.05) is 7.11 Å². The fourth-order valence-electron chi connectivity index (χ4n) is 1.33. The fourth-order valence-corrected chi connectivity index (χ4v) is 1.33. The highest BCUT2D eigenvalue weighted by atomic mass is 16.5. The minimum absolute atomic E-state index is 0.166. The Morgan fingerprint density at radius 1 is 1.35 bits per heavy atom. The largest absolute Gasteiger partial charge is 0.504 e. The van der Waals surface area contributed by atoms with Gasteiger partial charge in [-0.2, -0.15) is 0 Å². The third-order valence-electron chi connectivity index (χ3n) is 2.47. The molecular formula is C12H17NO4. The molecular weight excluding hydrogens is 222 g/mol. The van der Waals surface area contributed by atoms with Gasteiger partial charge >= 0.3 is 5.97 Å². The quantitative estimate of drug-likeness (QED) is 0.542. The van der Waals surface area contributed by atoms with Crippen molar-refractivity contribution in [2.45, 2.75) is 25.9 Å². The zero-order valence-corrected chi connectivity index (χ0v) is 10.2. The number of carbonyl (C=O) groups is 1. The van der Waals surface area contributed by atoms with Crippen LogP contribution in [0.1, 0.15) is 19.4 Å². The van der Waals surface area contributed by atoms with E-state index in [1.807, 2.05) is 0 Å². The highest BCUT2D eigenvalue weighted by Crippen LogP contribution is 2.24. The number of phenolic OH excluding ortho intramolecular Hbond substituents is 2. The molecule has 3 N–H and O–H groups in total.